The fraction of sp³-hybridized carbons (Fsp3) is 0.667. The molecule has 2 rings (SSSR count). The second kappa shape index (κ2) is 3.12. The Balaban J connectivity index is 2.20. The highest BCUT2D eigenvalue weighted by Gasteiger charge is 2.31. The zero-order valence-electron chi connectivity index (χ0n) is 8.09. The van der Waals surface area contributed by atoms with Crippen molar-refractivity contribution in [3.63, 3.8) is 0 Å². The summed E-state index contributed by atoms with van der Waals surface area (Å²) in [6, 6.07) is 0.508. The van der Waals surface area contributed by atoms with Crippen molar-refractivity contribution < 1.29 is 0 Å². The van der Waals surface area contributed by atoms with Gasteiger partial charge in [-0.05, 0) is 13.8 Å². The molecule has 13 heavy (non-hydrogen) atoms. The molecule has 0 aromatic carbocycles. The molecule has 0 aliphatic carbocycles. The van der Waals surface area contributed by atoms with E-state index in [0.717, 1.165) is 13.1 Å². The lowest BCUT2D eigenvalue weighted by molar-refractivity contribution is 0.255. The summed E-state index contributed by atoms with van der Waals surface area (Å²) in [5, 5.41) is 13.8. The molecule has 0 bridgehead atoms. The highest BCUT2D eigenvalue weighted by Crippen LogP contribution is 2.21. The Labute approximate surface area is 78.1 Å². The maximum atomic E-state index is 3.97. The summed E-state index contributed by atoms with van der Waals surface area (Å²) >= 11 is 0. The van der Waals surface area contributed by atoms with Crippen LogP contribution in [-0.4, -0.2) is 29.3 Å². The lowest BCUT2D eigenvalue weighted by Crippen LogP contribution is -2.59. The van der Waals surface area contributed by atoms with Gasteiger partial charge in [0, 0.05) is 30.9 Å². The van der Waals surface area contributed by atoms with Crippen LogP contribution in [0.1, 0.15) is 19.4 Å². The first-order valence-corrected chi connectivity index (χ1v) is 4.68. The van der Waals surface area contributed by atoms with Crippen LogP contribution in [-0.2, 0) is 5.54 Å². The number of rotatable bonds is 1. The third-order valence-electron chi connectivity index (χ3n) is 2.63. The minimum absolute atomic E-state index is 0.0185. The fourth-order valence-electron chi connectivity index (χ4n) is 1.92. The monoisotopic (exact) mass is 180 g/mol. The zero-order valence-corrected chi connectivity index (χ0v) is 8.09. The van der Waals surface area contributed by atoms with E-state index in [9.17, 15) is 0 Å². The van der Waals surface area contributed by atoms with Crippen LogP contribution in [0, 0.1) is 0 Å². The van der Waals surface area contributed by atoms with Crippen LogP contribution in [0.3, 0.4) is 0 Å². The number of H-pyrrole nitrogens is 1. The highest BCUT2D eigenvalue weighted by molar-refractivity contribution is 5.18. The van der Waals surface area contributed by atoms with Gasteiger partial charge in [-0.1, -0.05) is 0 Å². The number of hydrogen-bond acceptors (Lipinski definition) is 3. The molecule has 0 radical (unpaired) electrons. The largest absolute Gasteiger partial charge is 0.313 e. The van der Waals surface area contributed by atoms with Crippen molar-refractivity contribution in [1.29, 1.82) is 0 Å². The quantitative estimate of drug-likeness (QED) is 0.579. The molecule has 2 atom stereocenters. The molecule has 72 valence electrons. The number of aromatic nitrogens is 2. The second-order valence-electron chi connectivity index (χ2n) is 4.00. The van der Waals surface area contributed by atoms with Gasteiger partial charge in [0.2, 0.25) is 0 Å². The summed E-state index contributed by atoms with van der Waals surface area (Å²) in [6.45, 7) is 6.37. The first-order valence-electron chi connectivity index (χ1n) is 4.68. The Kier molecular flexibility index (Phi) is 2.09. The molecular weight excluding hydrogens is 164 g/mol. The summed E-state index contributed by atoms with van der Waals surface area (Å²) < 4.78 is 0. The van der Waals surface area contributed by atoms with Crippen LogP contribution in [0.25, 0.3) is 0 Å². The smallest absolute Gasteiger partial charge is 0.0565 e. The van der Waals surface area contributed by atoms with Gasteiger partial charge < -0.3 is 10.6 Å². The van der Waals surface area contributed by atoms with Crippen molar-refractivity contribution >= 4 is 0 Å². The minimum Gasteiger partial charge on any atom is -0.313 e. The third kappa shape index (κ3) is 1.59. The molecule has 1 saturated heterocycles. The molecule has 0 saturated carbocycles. The van der Waals surface area contributed by atoms with Gasteiger partial charge in [-0.3, -0.25) is 5.10 Å². The molecule has 1 aromatic heterocycles. The molecule has 0 amide bonds. The van der Waals surface area contributed by atoms with Gasteiger partial charge in [0.05, 0.1) is 11.7 Å². The Bertz CT molecular complexity index is 269. The predicted molar refractivity (Wildman–Crippen MR) is 51.4 cm³/mol. The number of hydrogen-bond donors (Lipinski definition) is 3. The molecule has 3 N–H and O–H groups in total. The van der Waals surface area contributed by atoms with E-state index >= 15 is 0 Å². The molecule has 4 nitrogen and oxygen atoms in total. The molecule has 1 aromatic rings. The highest BCUT2D eigenvalue weighted by atomic mass is 15.1. The first kappa shape index (κ1) is 8.72. The van der Waals surface area contributed by atoms with Crippen LogP contribution in [0.15, 0.2) is 12.4 Å². The van der Waals surface area contributed by atoms with Gasteiger partial charge in [0.25, 0.3) is 0 Å². The fourth-order valence-corrected chi connectivity index (χ4v) is 1.92. The molecule has 4 heteroatoms. The lowest BCUT2D eigenvalue weighted by atomic mass is 9.92. The van der Waals surface area contributed by atoms with E-state index in [1.54, 1.807) is 0 Å². The van der Waals surface area contributed by atoms with Gasteiger partial charge >= 0.3 is 0 Å². The maximum Gasteiger partial charge on any atom is 0.0565 e. The number of aromatic amines is 1. The van der Waals surface area contributed by atoms with Crippen molar-refractivity contribution in [2.45, 2.75) is 25.4 Å². The summed E-state index contributed by atoms with van der Waals surface area (Å²) in [7, 11) is 0. The van der Waals surface area contributed by atoms with Gasteiger partial charge in [-0.2, -0.15) is 5.10 Å². The molecule has 1 aliphatic heterocycles. The summed E-state index contributed by atoms with van der Waals surface area (Å²) in [5.74, 6) is 0. The predicted octanol–water partition coefficient (Wildman–Crippen LogP) is 0.206. The molecule has 1 aliphatic rings. The van der Waals surface area contributed by atoms with E-state index < -0.39 is 0 Å². The molecule has 0 spiro atoms. The van der Waals surface area contributed by atoms with Crippen molar-refractivity contribution in [3.8, 4) is 0 Å². The molecular formula is C9H16N4. The SMILES string of the molecule is CC1CNCC(C)(c2cn[nH]c2)N1. The van der Waals surface area contributed by atoms with E-state index in [1.165, 1.54) is 5.56 Å². The zero-order chi connectivity index (χ0) is 9.31. The minimum atomic E-state index is 0.0185. The van der Waals surface area contributed by atoms with Gasteiger partial charge in [-0.25, -0.2) is 0 Å². The standard InChI is InChI=1S/C9H16N4/c1-7-3-10-6-9(2,13-7)8-4-11-12-5-8/h4-5,7,10,13H,3,6H2,1-2H3,(H,11,12). The molecule has 1 fully saturated rings. The Morgan fingerprint density at radius 2 is 2.46 bits per heavy atom. The van der Waals surface area contributed by atoms with Crippen molar-refractivity contribution in [1.82, 2.24) is 20.8 Å². The maximum absolute atomic E-state index is 3.97. The van der Waals surface area contributed by atoms with Crippen LogP contribution in [0.2, 0.25) is 0 Å². The van der Waals surface area contributed by atoms with E-state index in [1.807, 2.05) is 12.4 Å². The summed E-state index contributed by atoms with van der Waals surface area (Å²) in [5.41, 5.74) is 1.23. The van der Waals surface area contributed by atoms with Crippen LogP contribution >= 0.6 is 0 Å². The van der Waals surface area contributed by atoms with E-state index in [0.29, 0.717) is 6.04 Å². The Morgan fingerprint density at radius 3 is 3.08 bits per heavy atom. The van der Waals surface area contributed by atoms with Crippen molar-refractivity contribution in [3.05, 3.63) is 18.0 Å². The van der Waals surface area contributed by atoms with Crippen LogP contribution in [0.5, 0.6) is 0 Å². The lowest BCUT2D eigenvalue weighted by Gasteiger charge is -2.38. The molecule has 2 unspecified atom stereocenters. The van der Waals surface area contributed by atoms with Gasteiger partial charge in [0.1, 0.15) is 0 Å². The summed E-state index contributed by atoms with van der Waals surface area (Å²) in [4.78, 5) is 0. The average molecular weight is 180 g/mol. The molecule has 2 heterocycles. The van der Waals surface area contributed by atoms with Crippen LogP contribution < -0.4 is 10.6 Å². The summed E-state index contributed by atoms with van der Waals surface area (Å²) in [6.07, 6.45) is 3.83. The van der Waals surface area contributed by atoms with E-state index in [4.69, 9.17) is 0 Å². The van der Waals surface area contributed by atoms with E-state index in [2.05, 4.69) is 34.7 Å². The normalized spacial score (nSPS) is 34.8. The number of nitrogens with one attached hydrogen (secondary N) is 3. The Hall–Kier alpha value is -0.870. The van der Waals surface area contributed by atoms with E-state index in [-0.39, 0.29) is 5.54 Å². The number of piperazine rings is 1. The van der Waals surface area contributed by atoms with Gasteiger partial charge in [0.15, 0.2) is 0 Å². The number of nitrogens with zero attached hydrogens (tertiary/aromatic N) is 1. The third-order valence-corrected chi connectivity index (χ3v) is 2.63. The second-order valence-corrected chi connectivity index (χ2v) is 4.00. The first-order chi connectivity index (χ1) is 6.21. The Morgan fingerprint density at radius 1 is 1.62 bits per heavy atom. The average Bonchev–Trinajstić information content (AvgIpc) is 2.55. The van der Waals surface area contributed by atoms with Crippen LogP contribution in [0.4, 0.5) is 0 Å². The van der Waals surface area contributed by atoms with Gasteiger partial charge in [-0.15, -0.1) is 0 Å². The topological polar surface area (TPSA) is 52.7 Å². The van der Waals surface area contributed by atoms with Crippen molar-refractivity contribution in [2.75, 3.05) is 13.1 Å². The van der Waals surface area contributed by atoms with Crippen molar-refractivity contribution in [2.24, 2.45) is 0 Å².